The number of nitrogens with zero attached hydrogens (tertiary/aromatic N) is 1. The number of rotatable bonds is 2. The molecule has 3 amide bonds. The fourth-order valence-electron chi connectivity index (χ4n) is 3.05. The molecule has 3 rings (SSSR count). The van der Waals surface area contributed by atoms with Crippen molar-refractivity contribution in [3.05, 3.63) is 23.7 Å². The highest BCUT2D eigenvalue weighted by atomic mass is 16.3. The Hall–Kier alpha value is -2.11. The standard InChI is InChI=1S/C14H16N2O4/c1-8-9(6-7-20-8)12(17)15-16-13(18)10-4-2-3-5-11(10)14(16)19/h6-7,10-11H,2-5H2,1H3,(H,15,17)/t10-,11-/m0/s1. The minimum absolute atomic E-state index is 0.262. The van der Waals surface area contributed by atoms with Crippen LogP contribution in [0.4, 0.5) is 0 Å². The SMILES string of the molecule is Cc1occc1C(=O)NN1C(=O)[C@H]2CCCC[C@@H]2C1=O. The number of carbonyl (C=O) groups excluding carboxylic acids is 3. The highest BCUT2D eigenvalue weighted by Gasteiger charge is 2.49. The maximum absolute atomic E-state index is 12.2. The van der Waals surface area contributed by atoms with Gasteiger partial charge in [-0.25, -0.2) is 0 Å². The highest BCUT2D eigenvalue weighted by molar-refractivity contribution is 6.07. The lowest BCUT2D eigenvalue weighted by molar-refractivity contribution is -0.142. The maximum atomic E-state index is 12.2. The van der Waals surface area contributed by atoms with Crippen LogP contribution in [0.1, 0.15) is 41.8 Å². The summed E-state index contributed by atoms with van der Waals surface area (Å²) in [6.07, 6.45) is 4.78. The second-order valence-electron chi connectivity index (χ2n) is 5.34. The number of hydrazine groups is 1. The number of nitrogens with one attached hydrogen (secondary N) is 1. The zero-order valence-corrected chi connectivity index (χ0v) is 11.2. The van der Waals surface area contributed by atoms with Crippen molar-refractivity contribution < 1.29 is 18.8 Å². The Labute approximate surface area is 116 Å². The van der Waals surface area contributed by atoms with E-state index in [1.165, 1.54) is 12.3 Å². The van der Waals surface area contributed by atoms with Gasteiger partial charge < -0.3 is 4.42 Å². The minimum atomic E-state index is -0.489. The van der Waals surface area contributed by atoms with Crippen LogP contribution in [0.3, 0.4) is 0 Å². The van der Waals surface area contributed by atoms with Crippen LogP contribution in [0, 0.1) is 18.8 Å². The molecule has 0 radical (unpaired) electrons. The molecule has 1 aliphatic carbocycles. The minimum Gasteiger partial charge on any atom is -0.469 e. The molecule has 106 valence electrons. The largest absolute Gasteiger partial charge is 0.469 e. The Morgan fingerprint density at radius 2 is 1.85 bits per heavy atom. The van der Waals surface area contributed by atoms with E-state index in [2.05, 4.69) is 5.43 Å². The van der Waals surface area contributed by atoms with Crippen molar-refractivity contribution in [2.75, 3.05) is 0 Å². The third-order valence-corrected chi connectivity index (χ3v) is 4.16. The van der Waals surface area contributed by atoms with E-state index in [9.17, 15) is 14.4 Å². The van der Waals surface area contributed by atoms with E-state index in [0.29, 0.717) is 11.3 Å². The zero-order valence-electron chi connectivity index (χ0n) is 11.2. The molecule has 2 atom stereocenters. The second-order valence-corrected chi connectivity index (χ2v) is 5.34. The summed E-state index contributed by atoms with van der Waals surface area (Å²) in [6.45, 7) is 1.66. The Bertz CT molecular complexity index is 553. The molecule has 2 fully saturated rings. The van der Waals surface area contributed by atoms with Crippen molar-refractivity contribution in [1.82, 2.24) is 10.4 Å². The van der Waals surface area contributed by atoms with Crippen LogP contribution >= 0.6 is 0 Å². The van der Waals surface area contributed by atoms with E-state index in [1.54, 1.807) is 6.92 Å². The van der Waals surface area contributed by atoms with Crippen molar-refractivity contribution in [1.29, 1.82) is 0 Å². The molecule has 0 bridgehead atoms. The Kier molecular flexibility index (Phi) is 3.08. The molecule has 1 saturated heterocycles. The number of furan rings is 1. The fraction of sp³-hybridized carbons (Fsp3) is 0.500. The first-order valence-corrected chi connectivity index (χ1v) is 6.82. The van der Waals surface area contributed by atoms with Gasteiger partial charge >= 0.3 is 0 Å². The van der Waals surface area contributed by atoms with Gasteiger partial charge in [-0.15, -0.1) is 0 Å². The summed E-state index contributed by atoms with van der Waals surface area (Å²) in [5.74, 6) is -1.12. The van der Waals surface area contributed by atoms with Crippen molar-refractivity contribution in [2.45, 2.75) is 32.6 Å². The first kappa shape index (κ1) is 12.9. The van der Waals surface area contributed by atoms with Gasteiger partial charge in [-0.2, -0.15) is 5.01 Å². The molecule has 0 aromatic carbocycles. The summed E-state index contributed by atoms with van der Waals surface area (Å²) in [4.78, 5) is 36.5. The van der Waals surface area contributed by atoms with Crippen LogP contribution in [0.2, 0.25) is 0 Å². The van der Waals surface area contributed by atoms with Crippen molar-refractivity contribution in [2.24, 2.45) is 11.8 Å². The van der Waals surface area contributed by atoms with Gasteiger partial charge in [0, 0.05) is 0 Å². The molecule has 1 N–H and O–H groups in total. The summed E-state index contributed by atoms with van der Waals surface area (Å²) >= 11 is 0. The van der Waals surface area contributed by atoms with Crippen LogP contribution in [-0.4, -0.2) is 22.7 Å². The van der Waals surface area contributed by atoms with Gasteiger partial charge in [-0.05, 0) is 25.8 Å². The maximum Gasteiger partial charge on any atom is 0.273 e. The molecule has 1 aromatic rings. The third kappa shape index (κ3) is 1.92. The summed E-state index contributed by atoms with van der Waals surface area (Å²) in [7, 11) is 0. The average Bonchev–Trinajstić information content (AvgIpc) is 2.97. The lowest BCUT2D eigenvalue weighted by Crippen LogP contribution is -2.46. The molecule has 1 aromatic heterocycles. The molecular weight excluding hydrogens is 260 g/mol. The predicted molar refractivity (Wildman–Crippen MR) is 68.2 cm³/mol. The Balaban J connectivity index is 1.77. The average molecular weight is 276 g/mol. The van der Waals surface area contributed by atoms with Crippen LogP contribution in [0.5, 0.6) is 0 Å². The smallest absolute Gasteiger partial charge is 0.273 e. The van der Waals surface area contributed by atoms with Crippen LogP contribution in [0.15, 0.2) is 16.7 Å². The molecule has 6 heteroatoms. The molecule has 1 saturated carbocycles. The Morgan fingerprint density at radius 1 is 1.25 bits per heavy atom. The molecular formula is C14H16N2O4. The number of hydrogen-bond donors (Lipinski definition) is 1. The summed E-state index contributed by atoms with van der Waals surface area (Å²) in [6, 6.07) is 1.52. The van der Waals surface area contributed by atoms with Crippen LogP contribution < -0.4 is 5.43 Å². The van der Waals surface area contributed by atoms with Crippen molar-refractivity contribution >= 4 is 17.7 Å². The van der Waals surface area contributed by atoms with Gasteiger partial charge in [0.2, 0.25) is 0 Å². The predicted octanol–water partition coefficient (Wildman–Crippen LogP) is 1.41. The van der Waals surface area contributed by atoms with Crippen LogP contribution in [0.25, 0.3) is 0 Å². The Morgan fingerprint density at radius 3 is 2.35 bits per heavy atom. The number of imide groups is 1. The third-order valence-electron chi connectivity index (χ3n) is 4.16. The summed E-state index contributed by atoms with van der Waals surface area (Å²) in [5, 5.41) is 0.898. The highest BCUT2D eigenvalue weighted by Crippen LogP contribution is 2.37. The number of fused-ring (bicyclic) bond motifs is 1. The van der Waals surface area contributed by atoms with E-state index >= 15 is 0 Å². The van der Waals surface area contributed by atoms with E-state index < -0.39 is 5.91 Å². The number of amides is 3. The first-order chi connectivity index (χ1) is 9.59. The molecule has 0 unspecified atom stereocenters. The topological polar surface area (TPSA) is 79.6 Å². The number of hydrogen-bond acceptors (Lipinski definition) is 4. The van der Waals surface area contributed by atoms with Gasteiger partial charge in [0.1, 0.15) is 5.76 Å². The monoisotopic (exact) mass is 276 g/mol. The second kappa shape index (κ2) is 4.77. The van der Waals surface area contributed by atoms with Crippen molar-refractivity contribution in [3.8, 4) is 0 Å². The number of aryl methyl sites for hydroxylation is 1. The molecule has 0 spiro atoms. The van der Waals surface area contributed by atoms with Gasteiger partial charge in [0.05, 0.1) is 23.7 Å². The lowest BCUT2D eigenvalue weighted by Gasteiger charge is -2.19. The molecule has 1 aliphatic heterocycles. The van der Waals surface area contributed by atoms with E-state index in [4.69, 9.17) is 4.42 Å². The normalized spacial score (nSPS) is 25.8. The lowest BCUT2D eigenvalue weighted by atomic mass is 9.81. The van der Waals surface area contributed by atoms with Crippen LogP contribution in [-0.2, 0) is 9.59 Å². The fourth-order valence-corrected chi connectivity index (χ4v) is 3.05. The van der Waals surface area contributed by atoms with Crippen molar-refractivity contribution in [3.63, 3.8) is 0 Å². The zero-order chi connectivity index (χ0) is 14.3. The van der Waals surface area contributed by atoms with E-state index in [1.807, 2.05) is 0 Å². The molecule has 6 nitrogen and oxygen atoms in total. The van der Waals surface area contributed by atoms with Gasteiger partial charge in [-0.3, -0.25) is 19.8 Å². The van der Waals surface area contributed by atoms with E-state index in [0.717, 1.165) is 30.7 Å². The van der Waals surface area contributed by atoms with Gasteiger partial charge in [0.25, 0.3) is 17.7 Å². The van der Waals surface area contributed by atoms with E-state index in [-0.39, 0.29) is 23.7 Å². The molecule has 20 heavy (non-hydrogen) atoms. The summed E-state index contributed by atoms with van der Waals surface area (Å²) in [5.41, 5.74) is 2.75. The quantitative estimate of drug-likeness (QED) is 0.828. The molecule has 2 aliphatic rings. The molecule has 2 heterocycles. The van der Waals surface area contributed by atoms with Gasteiger partial charge in [0.15, 0.2) is 0 Å². The first-order valence-electron chi connectivity index (χ1n) is 6.82. The number of carbonyl (C=O) groups is 3. The van der Waals surface area contributed by atoms with Gasteiger partial charge in [-0.1, -0.05) is 12.8 Å². The summed E-state index contributed by atoms with van der Waals surface area (Å²) < 4.78 is 5.05.